The van der Waals surface area contributed by atoms with Crippen LogP contribution in [-0.4, -0.2) is 20.9 Å². The first kappa shape index (κ1) is 14.5. The predicted molar refractivity (Wildman–Crippen MR) is 93.2 cm³/mol. The quantitative estimate of drug-likeness (QED) is 0.698. The fourth-order valence-electron chi connectivity index (χ4n) is 2.78. The lowest BCUT2D eigenvalue weighted by molar-refractivity contribution is 0.0689. The standard InChI is InChI=1S/C17H11BrN2O2S/c18-13-8-4-7-11-15-12(9-23-16(11)13)14(17(21)22)19-20(15)10-5-2-1-3-6-10/h1-8H,9H2,(H,21,22). The number of para-hydroxylation sites is 1. The minimum absolute atomic E-state index is 0.127. The lowest BCUT2D eigenvalue weighted by Crippen LogP contribution is -2.03. The van der Waals surface area contributed by atoms with Gasteiger partial charge < -0.3 is 5.11 Å². The first-order valence-electron chi connectivity index (χ1n) is 6.99. The number of aromatic carboxylic acids is 1. The monoisotopic (exact) mass is 386 g/mol. The molecule has 2 aromatic carbocycles. The summed E-state index contributed by atoms with van der Waals surface area (Å²) in [7, 11) is 0. The van der Waals surface area contributed by atoms with Gasteiger partial charge in [0.25, 0.3) is 0 Å². The number of benzene rings is 2. The third-order valence-electron chi connectivity index (χ3n) is 3.77. The zero-order chi connectivity index (χ0) is 16.0. The summed E-state index contributed by atoms with van der Waals surface area (Å²) >= 11 is 5.22. The topological polar surface area (TPSA) is 55.1 Å². The number of halogens is 1. The fourth-order valence-corrected chi connectivity index (χ4v) is 4.58. The zero-order valence-electron chi connectivity index (χ0n) is 11.9. The summed E-state index contributed by atoms with van der Waals surface area (Å²) < 4.78 is 2.76. The Hall–Kier alpha value is -2.05. The Kier molecular flexibility index (Phi) is 3.50. The highest BCUT2D eigenvalue weighted by Gasteiger charge is 2.29. The summed E-state index contributed by atoms with van der Waals surface area (Å²) in [4.78, 5) is 12.7. The van der Waals surface area contributed by atoms with E-state index in [0.717, 1.165) is 31.9 Å². The third-order valence-corrected chi connectivity index (χ3v) is 5.85. The van der Waals surface area contributed by atoms with Crippen molar-refractivity contribution in [2.24, 2.45) is 0 Å². The van der Waals surface area contributed by atoms with Gasteiger partial charge in [0.15, 0.2) is 5.69 Å². The molecule has 0 amide bonds. The number of thioether (sulfide) groups is 1. The van der Waals surface area contributed by atoms with Gasteiger partial charge in [0.05, 0.1) is 11.4 Å². The highest BCUT2D eigenvalue weighted by Crippen LogP contribution is 2.46. The molecule has 1 aromatic heterocycles. The largest absolute Gasteiger partial charge is 0.476 e. The van der Waals surface area contributed by atoms with Gasteiger partial charge in [-0.15, -0.1) is 11.8 Å². The molecule has 1 aliphatic rings. The van der Waals surface area contributed by atoms with E-state index in [1.165, 1.54) is 0 Å². The average Bonchev–Trinajstić information content (AvgIpc) is 2.96. The molecule has 0 atom stereocenters. The van der Waals surface area contributed by atoms with E-state index < -0.39 is 5.97 Å². The number of carbonyl (C=O) groups is 1. The minimum atomic E-state index is -0.991. The Morgan fingerprint density at radius 1 is 1.17 bits per heavy atom. The summed E-state index contributed by atoms with van der Waals surface area (Å²) in [5.74, 6) is -0.394. The molecule has 23 heavy (non-hydrogen) atoms. The van der Waals surface area contributed by atoms with Crippen molar-refractivity contribution in [1.29, 1.82) is 0 Å². The van der Waals surface area contributed by atoms with E-state index >= 15 is 0 Å². The van der Waals surface area contributed by atoms with Crippen LogP contribution in [0.3, 0.4) is 0 Å². The van der Waals surface area contributed by atoms with Gasteiger partial charge in [0, 0.05) is 26.2 Å². The average molecular weight is 387 g/mol. The van der Waals surface area contributed by atoms with Crippen molar-refractivity contribution in [3.8, 4) is 16.9 Å². The molecule has 0 fully saturated rings. The molecule has 0 bridgehead atoms. The van der Waals surface area contributed by atoms with Crippen molar-refractivity contribution in [3.63, 3.8) is 0 Å². The number of carboxylic acids is 1. The summed E-state index contributed by atoms with van der Waals surface area (Å²) in [5, 5.41) is 13.9. The summed E-state index contributed by atoms with van der Waals surface area (Å²) in [6.07, 6.45) is 0. The van der Waals surface area contributed by atoms with E-state index in [9.17, 15) is 9.90 Å². The molecule has 4 nitrogen and oxygen atoms in total. The number of hydrogen-bond acceptors (Lipinski definition) is 3. The van der Waals surface area contributed by atoms with Gasteiger partial charge in [-0.25, -0.2) is 9.48 Å². The number of carboxylic acid groups (broad SMARTS) is 1. The van der Waals surface area contributed by atoms with E-state index in [4.69, 9.17) is 0 Å². The van der Waals surface area contributed by atoms with Gasteiger partial charge >= 0.3 is 5.97 Å². The van der Waals surface area contributed by atoms with Crippen molar-refractivity contribution in [2.75, 3.05) is 0 Å². The molecule has 3 aromatic rings. The number of rotatable bonds is 2. The molecular formula is C17H11BrN2O2S. The van der Waals surface area contributed by atoms with Crippen LogP contribution in [0.4, 0.5) is 0 Å². The Labute approximate surface area is 145 Å². The lowest BCUT2D eigenvalue weighted by Gasteiger charge is -2.19. The fraction of sp³-hybridized carbons (Fsp3) is 0.0588. The molecule has 0 unspecified atom stereocenters. The van der Waals surface area contributed by atoms with Crippen LogP contribution in [-0.2, 0) is 5.75 Å². The van der Waals surface area contributed by atoms with Crippen LogP contribution in [0.5, 0.6) is 0 Å². The second-order valence-electron chi connectivity index (χ2n) is 5.13. The van der Waals surface area contributed by atoms with Crippen LogP contribution in [0.2, 0.25) is 0 Å². The summed E-state index contributed by atoms with van der Waals surface area (Å²) in [6, 6.07) is 15.6. The molecule has 0 aliphatic carbocycles. The Bertz CT molecular complexity index is 922. The molecule has 0 saturated heterocycles. The molecule has 6 heteroatoms. The van der Waals surface area contributed by atoms with E-state index in [2.05, 4.69) is 21.0 Å². The highest BCUT2D eigenvalue weighted by atomic mass is 79.9. The zero-order valence-corrected chi connectivity index (χ0v) is 14.3. The molecule has 2 heterocycles. The first-order valence-corrected chi connectivity index (χ1v) is 8.77. The molecule has 1 aliphatic heterocycles. The number of nitrogens with zero attached hydrogens (tertiary/aromatic N) is 2. The van der Waals surface area contributed by atoms with Crippen LogP contribution in [0.1, 0.15) is 16.1 Å². The Balaban J connectivity index is 2.05. The van der Waals surface area contributed by atoms with E-state index in [1.54, 1.807) is 16.4 Å². The molecular weight excluding hydrogens is 376 g/mol. The van der Waals surface area contributed by atoms with Crippen LogP contribution in [0.15, 0.2) is 57.9 Å². The van der Waals surface area contributed by atoms with E-state index in [1.807, 2.05) is 48.5 Å². The maximum atomic E-state index is 11.6. The maximum Gasteiger partial charge on any atom is 0.356 e. The second-order valence-corrected chi connectivity index (χ2v) is 6.97. The third kappa shape index (κ3) is 2.29. The molecule has 4 rings (SSSR count). The van der Waals surface area contributed by atoms with Crippen LogP contribution in [0, 0.1) is 0 Å². The van der Waals surface area contributed by atoms with Crippen molar-refractivity contribution < 1.29 is 9.90 Å². The van der Waals surface area contributed by atoms with E-state index in [-0.39, 0.29) is 5.69 Å². The first-order chi connectivity index (χ1) is 11.2. The maximum absolute atomic E-state index is 11.6. The van der Waals surface area contributed by atoms with Gasteiger partial charge in [-0.05, 0) is 34.1 Å². The lowest BCUT2D eigenvalue weighted by atomic mass is 10.1. The number of fused-ring (bicyclic) bond motifs is 3. The van der Waals surface area contributed by atoms with Crippen molar-refractivity contribution >= 4 is 33.7 Å². The van der Waals surface area contributed by atoms with Crippen molar-refractivity contribution in [2.45, 2.75) is 10.6 Å². The van der Waals surface area contributed by atoms with Crippen LogP contribution >= 0.6 is 27.7 Å². The SMILES string of the molecule is O=C(O)c1nn(-c2ccccc2)c2c1CSc1c(Br)cccc1-2. The van der Waals surface area contributed by atoms with Gasteiger partial charge in [0.2, 0.25) is 0 Å². The number of hydrogen-bond donors (Lipinski definition) is 1. The van der Waals surface area contributed by atoms with Gasteiger partial charge in [-0.2, -0.15) is 5.10 Å². The van der Waals surface area contributed by atoms with Gasteiger partial charge in [-0.3, -0.25) is 0 Å². The smallest absolute Gasteiger partial charge is 0.356 e. The number of aromatic nitrogens is 2. The highest BCUT2D eigenvalue weighted by molar-refractivity contribution is 9.10. The van der Waals surface area contributed by atoms with Gasteiger partial charge in [0.1, 0.15) is 0 Å². The molecule has 0 spiro atoms. The Morgan fingerprint density at radius 3 is 2.70 bits per heavy atom. The van der Waals surface area contributed by atoms with Crippen LogP contribution < -0.4 is 0 Å². The minimum Gasteiger partial charge on any atom is -0.476 e. The molecule has 1 N–H and O–H groups in total. The van der Waals surface area contributed by atoms with Gasteiger partial charge in [-0.1, -0.05) is 30.3 Å². The normalized spacial score (nSPS) is 12.6. The van der Waals surface area contributed by atoms with E-state index in [0.29, 0.717) is 5.75 Å². The van der Waals surface area contributed by atoms with Crippen LogP contribution in [0.25, 0.3) is 16.9 Å². The molecule has 0 saturated carbocycles. The summed E-state index contributed by atoms with van der Waals surface area (Å²) in [5.41, 5.74) is 3.63. The van der Waals surface area contributed by atoms with Crippen molar-refractivity contribution in [3.05, 3.63) is 64.3 Å². The predicted octanol–water partition coefficient (Wildman–Crippen LogP) is 4.61. The molecule has 114 valence electrons. The summed E-state index contributed by atoms with van der Waals surface area (Å²) in [6.45, 7) is 0. The Morgan fingerprint density at radius 2 is 1.96 bits per heavy atom. The second kappa shape index (κ2) is 5.54. The molecule has 0 radical (unpaired) electrons. The van der Waals surface area contributed by atoms with Crippen molar-refractivity contribution in [1.82, 2.24) is 9.78 Å².